The molecular weight excluding hydrogens is 418 g/mol. The van der Waals surface area contributed by atoms with Crippen molar-refractivity contribution >= 4 is 28.5 Å². The van der Waals surface area contributed by atoms with Crippen LogP contribution < -0.4 is 15.5 Å². The summed E-state index contributed by atoms with van der Waals surface area (Å²) in [7, 11) is 0. The number of aryl methyl sites for hydroxylation is 2. The van der Waals surface area contributed by atoms with Crippen LogP contribution in [0.2, 0.25) is 5.02 Å². The maximum atomic E-state index is 13.3. The fourth-order valence-corrected chi connectivity index (χ4v) is 3.60. The maximum absolute atomic E-state index is 13.3. The highest BCUT2D eigenvalue weighted by Crippen LogP contribution is 2.36. The number of halogens is 1. The topological polar surface area (TPSA) is 81.7 Å². The van der Waals surface area contributed by atoms with Crippen LogP contribution in [0.4, 0.5) is 0 Å². The standard InChI is InChI=1S/C24H20ClNO5/c1-14-10-15(2)22-18(11-14)21(28)24(23(31-22)17-7-3-4-8-19(17)25)30-13-20(27)26-12-16-6-5-9-29-16/h3-11H,12-13H2,1-2H3,(H,26,27). The number of amides is 1. The summed E-state index contributed by atoms with van der Waals surface area (Å²) >= 11 is 6.36. The van der Waals surface area contributed by atoms with Crippen molar-refractivity contribution < 1.29 is 18.4 Å². The van der Waals surface area contributed by atoms with Gasteiger partial charge in [-0.05, 0) is 55.3 Å². The van der Waals surface area contributed by atoms with E-state index in [9.17, 15) is 9.59 Å². The van der Waals surface area contributed by atoms with Crippen molar-refractivity contribution in [3.63, 3.8) is 0 Å². The molecule has 2 aromatic heterocycles. The Kier molecular flexibility index (Phi) is 5.82. The fourth-order valence-electron chi connectivity index (χ4n) is 3.37. The van der Waals surface area contributed by atoms with Crippen LogP contribution in [0.25, 0.3) is 22.3 Å². The molecule has 0 atom stereocenters. The van der Waals surface area contributed by atoms with Gasteiger partial charge in [-0.15, -0.1) is 0 Å². The van der Waals surface area contributed by atoms with Gasteiger partial charge in [-0.25, -0.2) is 0 Å². The van der Waals surface area contributed by atoms with Crippen LogP contribution in [-0.2, 0) is 11.3 Å². The van der Waals surface area contributed by atoms with Gasteiger partial charge in [0.2, 0.25) is 11.2 Å². The Morgan fingerprint density at radius 1 is 1.13 bits per heavy atom. The highest BCUT2D eigenvalue weighted by atomic mass is 35.5. The first-order valence-corrected chi connectivity index (χ1v) is 10.1. The van der Waals surface area contributed by atoms with Crippen molar-refractivity contribution in [1.29, 1.82) is 0 Å². The summed E-state index contributed by atoms with van der Waals surface area (Å²) in [5.41, 5.74) is 2.35. The summed E-state index contributed by atoms with van der Waals surface area (Å²) in [6, 6.07) is 14.2. The molecule has 1 N–H and O–H groups in total. The van der Waals surface area contributed by atoms with Crippen LogP contribution in [0.5, 0.6) is 5.75 Å². The van der Waals surface area contributed by atoms with E-state index in [1.165, 1.54) is 6.26 Å². The highest BCUT2D eigenvalue weighted by molar-refractivity contribution is 6.33. The van der Waals surface area contributed by atoms with Gasteiger partial charge in [-0.2, -0.15) is 0 Å². The minimum atomic E-state index is -0.401. The summed E-state index contributed by atoms with van der Waals surface area (Å²) in [5.74, 6) is 0.343. The summed E-state index contributed by atoms with van der Waals surface area (Å²) in [4.78, 5) is 25.6. The van der Waals surface area contributed by atoms with Gasteiger partial charge in [-0.3, -0.25) is 9.59 Å². The lowest BCUT2D eigenvalue weighted by atomic mass is 10.1. The van der Waals surface area contributed by atoms with E-state index in [1.54, 1.807) is 42.5 Å². The Balaban J connectivity index is 1.72. The predicted molar refractivity (Wildman–Crippen MR) is 118 cm³/mol. The molecule has 7 heteroatoms. The fraction of sp³-hybridized carbons (Fsp3) is 0.167. The second-order valence-electron chi connectivity index (χ2n) is 7.17. The second-order valence-corrected chi connectivity index (χ2v) is 7.58. The highest BCUT2D eigenvalue weighted by Gasteiger charge is 2.21. The van der Waals surface area contributed by atoms with Crippen LogP contribution in [0, 0.1) is 13.8 Å². The van der Waals surface area contributed by atoms with Crippen LogP contribution in [0.15, 0.2) is 68.4 Å². The van der Waals surface area contributed by atoms with Gasteiger partial charge >= 0.3 is 0 Å². The van der Waals surface area contributed by atoms with Gasteiger partial charge in [0.15, 0.2) is 12.4 Å². The van der Waals surface area contributed by atoms with E-state index in [0.717, 1.165) is 11.1 Å². The summed E-state index contributed by atoms with van der Waals surface area (Å²) in [6.07, 6.45) is 1.53. The average Bonchev–Trinajstić information content (AvgIpc) is 3.26. The monoisotopic (exact) mass is 437 g/mol. The number of carbonyl (C=O) groups excluding carboxylic acids is 1. The van der Waals surface area contributed by atoms with Crippen LogP contribution in [0.3, 0.4) is 0 Å². The molecule has 4 aromatic rings. The molecule has 0 spiro atoms. The van der Waals surface area contributed by atoms with Crippen LogP contribution >= 0.6 is 11.6 Å². The third-order valence-corrected chi connectivity index (χ3v) is 5.12. The molecular formula is C24H20ClNO5. The lowest BCUT2D eigenvalue weighted by Gasteiger charge is -2.14. The molecule has 0 fully saturated rings. The van der Waals surface area contributed by atoms with Crippen molar-refractivity contribution in [3.05, 3.63) is 86.9 Å². The zero-order chi connectivity index (χ0) is 22.0. The van der Waals surface area contributed by atoms with Gasteiger partial charge in [0.1, 0.15) is 11.3 Å². The Hall–Kier alpha value is -3.51. The summed E-state index contributed by atoms with van der Waals surface area (Å²) < 4.78 is 17.0. The number of nitrogens with one attached hydrogen (secondary N) is 1. The summed E-state index contributed by atoms with van der Waals surface area (Å²) in [5, 5.41) is 3.48. The zero-order valence-electron chi connectivity index (χ0n) is 17.0. The Morgan fingerprint density at radius 3 is 2.68 bits per heavy atom. The number of rotatable bonds is 6. The molecule has 0 aliphatic heterocycles. The molecule has 158 valence electrons. The number of hydrogen-bond acceptors (Lipinski definition) is 5. The first kappa shape index (κ1) is 20.8. The van der Waals surface area contributed by atoms with Crippen molar-refractivity contribution in [2.75, 3.05) is 6.61 Å². The van der Waals surface area contributed by atoms with Crippen molar-refractivity contribution in [2.24, 2.45) is 0 Å². The van der Waals surface area contributed by atoms with Gasteiger partial charge in [0.05, 0.1) is 23.2 Å². The van der Waals surface area contributed by atoms with E-state index in [2.05, 4.69) is 5.32 Å². The molecule has 0 aliphatic carbocycles. The molecule has 0 radical (unpaired) electrons. The van der Waals surface area contributed by atoms with E-state index in [0.29, 0.717) is 27.3 Å². The minimum Gasteiger partial charge on any atom is -0.476 e. The predicted octanol–water partition coefficient (Wildman–Crippen LogP) is 5.02. The molecule has 0 saturated carbocycles. The molecule has 0 saturated heterocycles. The van der Waals surface area contributed by atoms with Gasteiger partial charge in [0, 0.05) is 5.56 Å². The number of furan rings is 1. The third-order valence-electron chi connectivity index (χ3n) is 4.79. The van der Waals surface area contributed by atoms with Crippen molar-refractivity contribution in [3.8, 4) is 17.1 Å². The number of fused-ring (bicyclic) bond motifs is 1. The van der Waals surface area contributed by atoms with Crippen molar-refractivity contribution in [2.45, 2.75) is 20.4 Å². The number of hydrogen-bond donors (Lipinski definition) is 1. The minimum absolute atomic E-state index is 0.0567. The quantitative estimate of drug-likeness (QED) is 0.458. The molecule has 4 rings (SSSR count). The maximum Gasteiger partial charge on any atom is 0.258 e. The first-order chi connectivity index (χ1) is 14.9. The van der Waals surface area contributed by atoms with E-state index in [4.69, 9.17) is 25.2 Å². The SMILES string of the molecule is Cc1cc(C)c2oc(-c3ccccc3Cl)c(OCC(=O)NCc3ccco3)c(=O)c2c1. The lowest BCUT2D eigenvalue weighted by Crippen LogP contribution is -2.29. The molecule has 2 aromatic carbocycles. The Bertz CT molecular complexity index is 1310. The van der Waals surface area contributed by atoms with Gasteiger partial charge in [0.25, 0.3) is 5.91 Å². The van der Waals surface area contributed by atoms with Gasteiger partial charge < -0.3 is 18.9 Å². The molecule has 6 nitrogen and oxygen atoms in total. The van der Waals surface area contributed by atoms with E-state index >= 15 is 0 Å². The summed E-state index contributed by atoms with van der Waals surface area (Å²) in [6.45, 7) is 3.63. The second kappa shape index (κ2) is 8.70. The van der Waals surface area contributed by atoms with E-state index < -0.39 is 5.91 Å². The van der Waals surface area contributed by atoms with Crippen LogP contribution in [-0.4, -0.2) is 12.5 Å². The number of benzene rings is 2. The zero-order valence-corrected chi connectivity index (χ0v) is 17.8. The largest absolute Gasteiger partial charge is 0.476 e. The average molecular weight is 438 g/mol. The normalized spacial score (nSPS) is 10.9. The molecule has 0 unspecified atom stereocenters. The third kappa shape index (κ3) is 4.34. The van der Waals surface area contributed by atoms with Crippen LogP contribution in [0.1, 0.15) is 16.9 Å². The molecule has 2 heterocycles. The number of carbonyl (C=O) groups is 1. The molecule has 0 bridgehead atoms. The molecule has 31 heavy (non-hydrogen) atoms. The van der Waals surface area contributed by atoms with E-state index in [1.807, 2.05) is 19.9 Å². The van der Waals surface area contributed by atoms with Gasteiger partial charge in [-0.1, -0.05) is 29.8 Å². The lowest BCUT2D eigenvalue weighted by molar-refractivity contribution is -0.123. The van der Waals surface area contributed by atoms with Crippen molar-refractivity contribution in [1.82, 2.24) is 5.32 Å². The molecule has 0 aliphatic rings. The number of ether oxygens (including phenoxy) is 1. The Morgan fingerprint density at radius 2 is 1.94 bits per heavy atom. The van der Waals surface area contributed by atoms with E-state index in [-0.39, 0.29) is 30.1 Å². The Labute approximate surface area is 183 Å². The first-order valence-electron chi connectivity index (χ1n) is 9.69. The smallest absolute Gasteiger partial charge is 0.258 e. The molecule has 1 amide bonds.